The molecule has 0 saturated carbocycles. The third-order valence-corrected chi connectivity index (χ3v) is 4.58. The molecule has 0 aliphatic rings. The van der Waals surface area contributed by atoms with Gasteiger partial charge in [-0.2, -0.15) is 0 Å². The Morgan fingerprint density at radius 3 is 2.81 bits per heavy atom. The van der Waals surface area contributed by atoms with E-state index in [1.165, 1.54) is 0 Å². The zero-order valence-corrected chi connectivity index (χ0v) is 15.4. The molecule has 0 spiro atoms. The molecule has 0 bridgehead atoms. The topological polar surface area (TPSA) is 72.6 Å². The molecule has 1 amide bonds. The molecule has 0 N–H and O–H groups in total. The predicted octanol–water partition coefficient (Wildman–Crippen LogP) is 3.26. The largest absolute Gasteiger partial charge is 0.495 e. The average molecular weight is 361 g/mol. The van der Waals surface area contributed by atoms with Gasteiger partial charge in [-0.25, -0.2) is 4.98 Å². The summed E-state index contributed by atoms with van der Waals surface area (Å²) in [5.74, 6) is 0.553. The molecule has 4 rings (SSSR count). The van der Waals surface area contributed by atoms with E-state index in [2.05, 4.69) is 15.2 Å². The Bertz CT molecular complexity index is 1150. The molecule has 0 aliphatic heterocycles. The first kappa shape index (κ1) is 17.0. The second kappa shape index (κ2) is 6.68. The Labute approximate surface area is 156 Å². The number of para-hydroxylation sites is 2. The Balaban J connectivity index is 1.83. The van der Waals surface area contributed by atoms with Crippen molar-refractivity contribution in [2.24, 2.45) is 0 Å². The zero-order valence-electron chi connectivity index (χ0n) is 15.4. The van der Waals surface area contributed by atoms with Crippen LogP contribution >= 0.6 is 0 Å². The SMILES string of the molecule is CCN(C(=O)c1ccc2nc(C)c3nncn3c2c1)c1ccccc1OC. The number of anilines is 1. The lowest BCUT2D eigenvalue weighted by Crippen LogP contribution is -2.31. The number of amides is 1. The van der Waals surface area contributed by atoms with Crippen molar-refractivity contribution in [1.82, 2.24) is 19.6 Å². The van der Waals surface area contributed by atoms with Gasteiger partial charge in [0.15, 0.2) is 5.65 Å². The number of aryl methyl sites for hydroxylation is 1. The molecule has 27 heavy (non-hydrogen) atoms. The first-order chi connectivity index (χ1) is 13.1. The Morgan fingerprint density at radius 1 is 1.22 bits per heavy atom. The van der Waals surface area contributed by atoms with Crippen LogP contribution in [0.5, 0.6) is 5.75 Å². The highest BCUT2D eigenvalue weighted by Gasteiger charge is 2.20. The van der Waals surface area contributed by atoms with Crippen molar-refractivity contribution in [3.05, 3.63) is 60.0 Å². The lowest BCUT2D eigenvalue weighted by molar-refractivity contribution is 0.0987. The van der Waals surface area contributed by atoms with E-state index in [-0.39, 0.29) is 5.91 Å². The highest BCUT2D eigenvalue weighted by atomic mass is 16.5. The fraction of sp³-hybridized carbons (Fsp3) is 0.200. The molecule has 0 atom stereocenters. The Kier molecular flexibility index (Phi) is 4.19. The van der Waals surface area contributed by atoms with Crippen LogP contribution in [0.15, 0.2) is 48.8 Å². The van der Waals surface area contributed by atoms with Gasteiger partial charge in [0.05, 0.1) is 29.5 Å². The predicted molar refractivity (Wildman–Crippen MR) is 103 cm³/mol. The summed E-state index contributed by atoms with van der Waals surface area (Å²) in [6.45, 7) is 4.35. The molecule has 7 heteroatoms. The van der Waals surface area contributed by atoms with Gasteiger partial charge in [-0.15, -0.1) is 10.2 Å². The standard InChI is InChI=1S/C20H19N5O2/c1-4-24(16-7-5-6-8-18(16)27-3)20(26)14-9-10-15-17(11-14)25-12-21-23-19(25)13(2)22-15/h5-12H,4H2,1-3H3. The Morgan fingerprint density at radius 2 is 2.04 bits per heavy atom. The van der Waals surface area contributed by atoms with Gasteiger partial charge in [-0.1, -0.05) is 12.1 Å². The van der Waals surface area contributed by atoms with Crippen LogP contribution in [0.25, 0.3) is 16.7 Å². The van der Waals surface area contributed by atoms with Crippen LogP contribution in [-0.2, 0) is 0 Å². The van der Waals surface area contributed by atoms with Crippen molar-refractivity contribution in [3.63, 3.8) is 0 Å². The maximum Gasteiger partial charge on any atom is 0.258 e. The van der Waals surface area contributed by atoms with Crippen LogP contribution in [0, 0.1) is 6.92 Å². The monoisotopic (exact) mass is 361 g/mol. The first-order valence-corrected chi connectivity index (χ1v) is 8.69. The molecule has 0 saturated heterocycles. The summed E-state index contributed by atoms with van der Waals surface area (Å²) >= 11 is 0. The van der Waals surface area contributed by atoms with Crippen LogP contribution in [0.2, 0.25) is 0 Å². The number of benzene rings is 2. The lowest BCUT2D eigenvalue weighted by atomic mass is 10.1. The third-order valence-electron chi connectivity index (χ3n) is 4.58. The Hall–Kier alpha value is -3.48. The van der Waals surface area contributed by atoms with Gasteiger partial charge in [0.2, 0.25) is 0 Å². The van der Waals surface area contributed by atoms with Gasteiger partial charge < -0.3 is 9.64 Å². The third kappa shape index (κ3) is 2.77. The summed E-state index contributed by atoms with van der Waals surface area (Å²) in [4.78, 5) is 19.5. The quantitative estimate of drug-likeness (QED) is 0.558. The van der Waals surface area contributed by atoms with E-state index in [0.29, 0.717) is 23.5 Å². The molecular formula is C20H19N5O2. The molecule has 2 aromatic heterocycles. The van der Waals surface area contributed by atoms with Gasteiger partial charge in [-0.05, 0) is 44.2 Å². The highest BCUT2D eigenvalue weighted by Crippen LogP contribution is 2.29. The highest BCUT2D eigenvalue weighted by molar-refractivity contribution is 6.08. The van der Waals surface area contributed by atoms with Gasteiger partial charge >= 0.3 is 0 Å². The number of ether oxygens (including phenoxy) is 1. The van der Waals surface area contributed by atoms with Crippen LogP contribution < -0.4 is 9.64 Å². The molecule has 2 heterocycles. The van der Waals surface area contributed by atoms with E-state index in [4.69, 9.17) is 4.74 Å². The summed E-state index contributed by atoms with van der Waals surface area (Å²) in [6.07, 6.45) is 1.64. The minimum atomic E-state index is -0.106. The fourth-order valence-electron chi connectivity index (χ4n) is 3.26. The lowest BCUT2D eigenvalue weighted by Gasteiger charge is -2.23. The second-order valence-corrected chi connectivity index (χ2v) is 6.15. The van der Waals surface area contributed by atoms with E-state index >= 15 is 0 Å². The number of nitrogens with zero attached hydrogens (tertiary/aromatic N) is 5. The second-order valence-electron chi connectivity index (χ2n) is 6.15. The van der Waals surface area contributed by atoms with Crippen molar-refractivity contribution in [3.8, 4) is 5.75 Å². The maximum atomic E-state index is 13.2. The van der Waals surface area contributed by atoms with Gasteiger partial charge in [0.1, 0.15) is 12.1 Å². The number of carbonyl (C=O) groups is 1. The molecular weight excluding hydrogens is 342 g/mol. The number of rotatable bonds is 4. The summed E-state index contributed by atoms with van der Waals surface area (Å²) in [5.41, 5.74) is 4.37. The number of methoxy groups -OCH3 is 1. The van der Waals surface area contributed by atoms with Crippen molar-refractivity contribution in [2.75, 3.05) is 18.6 Å². The van der Waals surface area contributed by atoms with E-state index in [9.17, 15) is 4.79 Å². The van der Waals surface area contributed by atoms with Crippen LogP contribution in [0.3, 0.4) is 0 Å². The first-order valence-electron chi connectivity index (χ1n) is 8.69. The van der Waals surface area contributed by atoms with Crippen LogP contribution in [0.4, 0.5) is 5.69 Å². The zero-order chi connectivity index (χ0) is 19.0. The summed E-state index contributed by atoms with van der Waals surface area (Å²) in [6, 6.07) is 13.0. The minimum absolute atomic E-state index is 0.106. The normalized spacial score (nSPS) is 11.1. The number of carbonyl (C=O) groups excluding carboxylic acids is 1. The summed E-state index contributed by atoms with van der Waals surface area (Å²) in [5, 5.41) is 8.07. The van der Waals surface area contributed by atoms with Gasteiger partial charge in [0, 0.05) is 12.1 Å². The average Bonchev–Trinajstić information content (AvgIpc) is 3.19. The van der Waals surface area contributed by atoms with E-state index in [1.807, 2.05) is 54.6 Å². The van der Waals surface area contributed by atoms with Gasteiger partial charge in [0.25, 0.3) is 5.91 Å². The van der Waals surface area contributed by atoms with Crippen LogP contribution in [-0.4, -0.2) is 39.1 Å². The van der Waals surface area contributed by atoms with E-state index < -0.39 is 0 Å². The fourth-order valence-corrected chi connectivity index (χ4v) is 3.26. The summed E-state index contributed by atoms with van der Waals surface area (Å²) in [7, 11) is 1.60. The van der Waals surface area contributed by atoms with Crippen molar-refractivity contribution in [2.45, 2.75) is 13.8 Å². The van der Waals surface area contributed by atoms with Crippen molar-refractivity contribution in [1.29, 1.82) is 0 Å². The number of hydrogen-bond donors (Lipinski definition) is 0. The molecule has 0 unspecified atom stereocenters. The molecule has 2 aromatic carbocycles. The van der Waals surface area contributed by atoms with Crippen molar-refractivity contribution >= 4 is 28.3 Å². The molecule has 4 aromatic rings. The van der Waals surface area contributed by atoms with Crippen molar-refractivity contribution < 1.29 is 9.53 Å². The molecule has 0 fully saturated rings. The van der Waals surface area contributed by atoms with Crippen LogP contribution in [0.1, 0.15) is 23.0 Å². The van der Waals surface area contributed by atoms with Gasteiger partial charge in [-0.3, -0.25) is 9.20 Å². The number of fused-ring (bicyclic) bond motifs is 3. The maximum absolute atomic E-state index is 13.2. The molecule has 136 valence electrons. The molecule has 7 nitrogen and oxygen atoms in total. The van der Waals surface area contributed by atoms with E-state index in [0.717, 1.165) is 22.4 Å². The minimum Gasteiger partial charge on any atom is -0.495 e. The molecule has 0 aliphatic carbocycles. The number of hydrogen-bond acceptors (Lipinski definition) is 5. The number of aromatic nitrogens is 4. The van der Waals surface area contributed by atoms with E-state index in [1.54, 1.807) is 24.4 Å². The summed E-state index contributed by atoms with van der Waals surface area (Å²) < 4.78 is 7.28. The molecule has 0 radical (unpaired) electrons. The smallest absolute Gasteiger partial charge is 0.258 e.